The number of carbonyl (C=O) groups excluding carboxylic acids is 1. The highest BCUT2D eigenvalue weighted by Gasteiger charge is 2.37. The molecule has 0 amide bonds. The van der Waals surface area contributed by atoms with E-state index in [1.807, 2.05) is 24.3 Å². The first-order valence-electron chi connectivity index (χ1n) is 9.50. The van der Waals surface area contributed by atoms with Crippen LogP contribution >= 0.6 is 0 Å². The van der Waals surface area contributed by atoms with Crippen LogP contribution in [0.3, 0.4) is 0 Å². The van der Waals surface area contributed by atoms with E-state index >= 15 is 0 Å². The van der Waals surface area contributed by atoms with Crippen molar-refractivity contribution in [2.24, 2.45) is 0 Å². The first kappa shape index (κ1) is 21.0. The van der Waals surface area contributed by atoms with Gasteiger partial charge in [0.1, 0.15) is 0 Å². The van der Waals surface area contributed by atoms with Gasteiger partial charge in [0.15, 0.2) is 5.25 Å². The highest BCUT2D eigenvalue weighted by atomic mass is 32.2. The molecule has 6 heteroatoms. The van der Waals surface area contributed by atoms with Crippen LogP contribution in [0.25, 0.3) is 16.7 Å². The van der Waals surface area contributed by atoms with Gasteiger partial charge in [-0.25, -0.2) is 8.42 Å². The number of benzene rings is 2. The number of hydrogen-bond acceptors (Lipinski definition) is 4. The summed E-state index contributed by atoms with van der Waals surface area (Å²) in [5, 5.41) is -1.25. The minimum Gasteiger partial charge on any atom is -0.468 e. The summed E-state index contributed by atoms with van der Waals surface area (Å²) in [6, 6.07) is 18.4. The van der Waals surface area contributed by atoms with Crippen molar-refractivity contribution < 1.29 is 17.9 Å². The van der Waals surface area contributed by atoms with Gasteiger partial charge in [-0.1, -0.05) is 66.7 Å². The molecule has 0 saturated carbocycles. The fourth-order valence-corrected chi connectivity index (χ4v) is 5.16. The maximum Gasteiger partial charge on any atom is 0.325 e. The van der Waals surface area contributed by atoms with Crippen LogP contribution in [0.15, 0.2) is 73.3 Å². The first-order chi connectivity index (χ1) is 14.0. The van der Waals surface area contributed by atoms with Gasteiger partial charge in [0.25, 0.3) is 0 Å². The molecule has 29 heavy (non-hydrogen) atoms. The van der Waals surface area contributed by atoms with Gasteiger partial charge in [-0.15, -0.1) is 6.58 Å². The summed E-state index contributed by atoms with van der Waals surface area (Å²) in [4.78, 5) is 11.9. The van der Waals surface area contributed by atoms with Gasteiger partial charge >= 0.3 is 5.97 Å². The topological polar surface area (TPSA) is 63.7 Å². The highest BCUT2D eigenvalue weighted by molar-refractivity contribution is 7.90. The van der Waals surface area contributed by atoms with Gasteiger partial charge in [-0.2, -0.15) is 4.31 Å². The minimum absolute atomic E-state index is 0.0308. The Labute approximate surface area is 172 Å². The van der Waals surface area contributed by atoms with Gasteiger partial charge in [0, 0.05) is 13.1 Å². The van der Waals surface area contributed by atoms with Crippen molar-refractivity contribution in [2.75, 3.05) is 20.2 Å². The van der Waals surface area contributed by atoms with Crippen LogP contribution in [0.2, 0.25) is 0 Å². The molecule has 152 valence electrons. The Balaban J connectivity index is 1.75. The highest BCUT2D eigenvalue weighted by Crippen LogP contribution is 2.28. The second-order valence-corrected chi connectivity index (χ2v) is 8.98. The van der Waals surface area contributed by atoms with Crippen LogP contribution in [0.4, 0.5) is 0 Å². The van der Waals surface area contributed by atoms with Crippen LogP contribution in [0, 0.1) is 0 Å². The second kappa shape index (κ2) is 9.20. The van der Waals surface area contributed by atoms with E-state index in [1.54, 1.807) is 0 Å². The number of nitrogens with zero attached hydrogens (tertiary/aromatic N) is 1. The van der Waals surface area contributed by atoms with E-state index < -0.39 is 21.2 Å². The number of hydrogen-bond donors (Lipinski definition) is 0. The Kier molecular flexibility index (Phi) is 6.67. The molecule has 0 unspecified atom stereocenters. The molecule has 0 aliphatic carbocycles. The van der Waals surface area contributed by atoms with Crippen molar-refractivity contribution in [2.45, 2.75) is 18.1 Å². The van der Waals surface area contributed by atoms with Crippen LogP contribution in [0.5, 0.6) is 0 Å². The Morgan fingerprint density at radius 3 is 2.28 bits per heavy atom. The third kappa shape index (κ3) is 4.66. The predicted molar refractivity (Wildman–Crippen MR) is 116 cm³/mol. The third-order valence-electron chi connectivity index (χ3n) is 5.10. The fraction of sp³-hybridized carbons (Fsp3) is 0.261. The number of methoxy groups -OCH3 is 1. The lowest BCUT2D eigenvalue weighted by Crippen LogP contribution is -2.44. The average molecular weight is 412 g/mol. The van der Waals surface area contributed by atoms with Gasteiger partial charge in [0.2, 0.25) is 10.0 Å². The maximum absolute atomic E-state index is 12.9. The number of rotatable bonds is 7. The number of allylic oxidation sites excluding steroid dienone is 1. The molecule has 0 bridgehead atoms. The summed E-state index contributed by atoms with van der Waals surface area (Å²) in [5.74, 6) is -0.754. The molecule has 1 aliphatic rings. The monoisotopic (exact) mass is 411 g/mol. The van der Waals surface area contributed by atoms with Crippen LogP contribution in [-0.2, 0) is 19.6 Å². The van der Waals surface area contributed by atoms with Gasteiger partial charge in [-0.3, -0.25) is 4.79 Å². The molecule has 0 spiro atoms. The molecule has 0 saturated heterocycles. The van der Waals surface area contributed by atoms with Crippen molar-refractivity contribution in [3.8, 4) is 11.1 Å². The molecule has 1 aliphatic heterocycles. The van der Waals surface area contributed by atoms with Gasteiger partial charge in [-0.05, 0) is 35.1 Å². The largest absolute Gasteiger partial charge is 0.468 e. The van der Waals surface area contributed by atoms with Crippen LogP contribution in [0.1, 0.15) is 18.4 Å². The molecule has 5 nitrogen and oxygen atoms in total. The zero-order valence-electron chi connectivity index (χ0n) is 16.5. The number of carbonyl (C=O) groups is 1. The number of ether oxygens (including phenoxy) is 1. The van der Waals surface area contributed by atoms with Crippen molar-refractivity contribution in [3.63, 3.8) is 0 Å². The molecule has 2 aromatic rings. The molecule has 1 atom stereocenters. The summed E-state index contributed by atoms with van der Waals surface area (Å²) in [6.45, 7) is 4.13. The standard InChI is InChI=1S/C23H25NO4S/c1-3-7-22(23(25)28-2)29(26,27)24-16-14-21(15-17-24)20-12-10-19(11-13-20)18-8-5-4-6-9-18/h3-6,8-14,22H,1,7,15-17H2,2H3/t22-/m1/s1. The number of esters is 1. The Morgan fingerprint density at radius 2 is 1.72 bits per heavy atom. The van der Waals surface area contributed by atoms with Crippen molar-refractivity contribution >= 4 is 21.6 Å². The summed E-state index contributed by atoms with van der Waals surface area (Å²) in [5.41, 5.74) is 4.48. The quantitative estimate of drug-likeness (QED) is 0.512. The lowest BCUT2D eigenvalue weighted by molar-refractivity contribution is -0.140. The van der Waals surface area contributed by atoms with Crippen molar-refractivity contribution in [1.82, 2.24) is 4.31 Å². The summed E-state index contributed by atoms with van der Waals surface area (Å²) in [7, 11) is -2.61. The van der Waals surface area contributed by atoms with Crippen LogP contribution in [-0.4, -0.2) is 44.1 Å². The average Bonchev–Trinajstić information content (AvgIpc) is 2.77. The SMILES string of the molecule is C=CC[C@H](C(=O)OC)S(=O)(=O)N1CC=C(c2ccc(-c3ccccc3)cc2)CC1. The predicted octanol–water partition coefficient (Wildman–Crippen LogP) is 3.89. The van der Waals surface area contributed by atoms with E-state index in [9.17, 15) is 13.2 Å². The van der Waals surface area contributed by atoms with Gasteiger partial charge in [0.05, 0.1) is 7.11 Å². The molecule has 1 heterocycles. The zero-order chi connectivity index (χ0) is 20.9. The van der Waals surface area contributed by atoms with E-state index in [2.05, 4.69) is 47.7 Å². The molecule has 0 radical (unpaired) electrons. The van der Waals surface area contributed by atoms with Gasteiger partial charge < -0.3 is 4.74 Å². The third-order valence-corrected chi connectivity index (χ3v) is 7.25. The summed E-state index contributed by atoms with van der Waals surface area (Å²) < 4.78 is 31.8. The minimum atomic E-state index is -3.80. The first-order valence-corrected chi connectivity index (χ1v) is 11.0. The number of sulfonamides is 1. The normalized spacial score (nSPS) is 16.0. The van der Waals surface area contributed by atoms with E-state index in [0.29, 0.717) is 13.0 Å². The van der Waals surface area contributed by atoms with E-state index in [0.717, 1.165) is 22.3 Å². The molecule has 2 aromatic carbocycles. The second-order valence-electron chi connectivity index (χ2n) is 6.86. The fourth-order valence-electron chi connectivity index (χ4n) is 3.45. The lowest BCUT2D eigenvalue weighted by Gasteiger charge is -2.28. The smallest absolute Gasteiger partial charge is 0.325 e. The molecular weight excluding hydrogens is 386 g/mol. The molecular formula is C23H25NO4S. The molecule has 0 fully saturated rings. The lowest BCUT2D eigenvalue weighted by atomic mass is 9.97. The maximum atomic E-state index is 12.9. The zero-order valence-corrected chi connectivity index (χ0v) is 17.3. The van der Waals surface area contributed by atoms with E-state index in [-0.39, 0.29) is 13.0 Å². The van der Waals surface area contributed by atoms with Crippen molar-refractivity contribution in [1.29, 1.82) is 0 Å². The summed E-state index contributed by atoms with van der Waals surface area (Å²) in [6.07, 6.45) is 3.97. The molecule has 3 rings (SSSR count). The molecule has 0 aromatic heterocycles. The Bertz CT molecular complexity index is 995. The van der Waals surface area contributed by atoms with E-state index in [4.69, 9.17) is 0 Å². The Hall–Kier alpha value is -2.70. The van der Waals surface area contributed by atoms with E-state index in [1.165, 1.54) is 17.5 Å². The van der Waals surface area contributed by atoms with Crippen molar-refractivity contribution in [3.05, 3.63) is 78.9 Å². The Morgan fingerprint density at radius 1 is 1.10 bits per heavy atom. The van der Waals surface area contributed by atoms with Crippen LogP contribution < -0.4 is 0 Å². The summed E-state index contributed by atoms with van der Waals surface area (Å²) >= 11 is 0. The molecule has 0 N–H and O–H groups in total.